The molecule has 4 heteroatoms. The van der Waals surface area contributed by atoms with Crippen molar-refractivity contribution in [2.75, 3.05) is 5.32 Å². The lowest BCUT2D eigenvalue weighted by Crippen LogP contribution is -2.16. The van der Waals surface area contributed by atoms with E-state index in [4.69, 9.17) is 5.11 Å². The summed E-state index contributed by atoms with van der Waals surface area (Å²) in [5, 5.41) is 12.1. The molecule has 0 unspecified atom stereocenters. The van der Waals surface area contributed by atoms with Gasteiger partial charge in [-0.05, 0) is 6.07 Å². The van der Waals surface area contributed by atoms with Crippen LogP contribution in [0.15, 0.2) is 48.7 Å². The highest BCUT2D eigenvalue weighted by Crippen LogP contribution is 2.06. The number of aromatic nitrogens is 2. The van der Waals surface area contributed by atoms with Gasteiger partial charge in [-0.1, -0.05) is 36.5 Å². The van der Waals surface area contributed by atoms with Crippen LogP contribution < -0.4 is 5.32 Å². The van der Waals surface area contributed by atoms with Gasteiger partial charge in [0.15, 0.2) is 0 Å². The second kappa shape index (κ2) is 5.23. The predicted molar refractivity (Wildman–Crippen MR) is 62.8 cm³/mol. The first-order valence-electron chi connectivity index (χ1n) is 5.09. The van der Waals surface area contributed by atoms with Crippen molar-refractivity contribution in [2.24, 2.45) is 0 Å². The molecule has 1 aromatic rings. The molecule has 1 aliphatic carbocycles. The Balaban J connectivity index is 2.08. The number of aliphatic hydroxyl groups excluding tert-OH is 1. The van der Waals surface area contributed by atoms with Gasteiger partial charge in [-0.3, -0.25) is 0 Å². The van der Waals surface area contributed by atoms with Crippen molar-refractivity contribution in [2.45, 2.75) is 12.6 Å². The van der Waals surface area contributed by atoms with E-state index >= 15 is 0 Å². The van der Waals surface area contributed by atoms with E-state index in [0.717, 1.165) is 0 Å². The molecule has 2 N–H and O–H groups in total. The number of hydrogen-bond acceptors (Lipinski definition) is 4. The molecular weight excluding hydrogens is 202 g/mol. The molecule has 16 heavy (non-hydrogen) atoms. The van der Waals surface area contributed by atoms with Crippen molar-refractivity contribution in [3.63, 3.8) is 0 Å². The van der Waals surface area contributed by atoms with Gasteiger partial charge < -0.3 is 10.4 Å². The second-order valence-corrected chi connectivity index (χ2v) is 3.35. The van der Waals surface area contributed by atoms with Crippen LogP contribution in [0.3, 0.4) is 0 Å². The smallest absolute Gasteiger partial charge is 0.223 e. The molecule has 0 saturated carbocycles. The number of hydrogen-bond donors (Lipinski definition) is 2. The number of aliphatic hydroxyl groups is 1. The molecule has 0 spiro atoms. The summed E-state index contributed by atoms with van der Waals surface area (Å²) >= 11 is 0. The van der Waals surface area contributed by atoms with Gasteiger partial charge in [-0.15, -0.1) is 0 Å². The summed E-state index contributed by atoms with van der Waals surface area (Å²) in [5.74, 6) is 0.521. The van der Waals surface area contributed by atoms with E-state index in [1.54, 1.807) is 12.3 Å². The van der Waals surface area contributed by atoms with Crippen molar-refractivity contribution in [1.29, 1.82) is 0 Å². The average Bonchev–Trinajstić information content (AvgIpc) is 2.58. The zero-order chi connectivity index (χ0) is 11.2. The Hall–Kier alpha value is -1.94. The Morgan fingerprint density at radius 1 is 1.19 bits per heavy atom. The minimum atomic E-state index is -0.0743. The van der Waals surface area contributed by atoms with Gasteiger partial charge in [0.25, 0.3) is 0 Å². The lowest BCUT2D eigenvalue weighted by Gasteiger charge is -2.10. The zero-order valence-corrected chi connectivity index (χ0v) is 8.74. The normalized spacial score (nSPS) is 15.1. The summed E-state index contributed by atoms with van der Waals surface area (Å²) in [4.78, 5) is 8.25. The number of rotatable bonds is 3. The number of anilines is 1. The van der Waals surface area contributed by atoms with E-state index in [1.807, 2.05) is 36.5 Å². The summed E-state index contributed by atoms with van der Waals surface area (Å²) in [7, 11) is 0. The Morgan fingerprint density at radius 2 is 1.94 bits per heavy atom. The van der Waals surface area contributed by atoms with E-state index in [2.05, 4.69) is 15.3 Å². The average molecular weight is 215 g/mol. The Bertz CT molecular complexity index is 422. The topological polar surface area (TPSA) is 58.0 Å². The molecule has 0 fully saturated rings. The Kier molecular flexibility index (Phi) is 3.46. The Morgan fingerprint density at radius 3 is 2.62 bits per heavy atom. The van der Waals surface area contributed by atoms with E-state index in [-0.39, 0.29) is 12.6 Å². The van der Waals surface area contributed by atoms with Crippen LogP contribution in [-0.2, 0) is 6.61 Å². The molecule has 0 aromatic carbocycles. The van der Waals surface area contributed by atoms with Crippen LogP contribution in [0.1, 0.15) is 5.69 Å². The number of nitrogens with zero attached hydrogens (tertiary/aromatic N) is 2. The lowest BCUT2D eigenvalue weighted by molar-refractivity contribution is 0.277. The first kappa shape index (κ1) is 10.6. The van der Waals surface area contributed by atoms with Gasteiger partial charge in [-0.2, -0.15) is 0 Å². The fourth-order valence-electron chi connectivity index (χ4n) is 1.36. The van der Waals surface area contributed by atoms with Gasteiger partial charge in [0, 0.05) is 6.20 Å². The summed E-state index contributed by atoms with van der Waals surface area (Å²) in [6.07, 6.45) is 13.5. The SMILES string of the molecule is OCc1ccnc(NC2C=CC=CC=C2)n1. The van der Waals surface area contributed by atoms with Gasteiger partial charge >= 0.3 is 0 Å². The summed E-state index contributed by atoms with van der Waals surface area (Å²) < 4.78 is 0. The highest BCUT2D eigenvalue weighted by molar-refractivity contribution is 5.34. The van der Waals surface area contributed by atoms with Gasteiger partial charge in [0.05, 0.1) is 18.3 Å². The molecule has 0 bridgehead atoms. The third kappa shape index (κ3) is 2.77. The molecule has 0 saturated heterocycles. The first-order valence-corrected chi connectivity index (χ1v) is 5.09. The van der Waals surface area contributed by atoms with Crippen LogP contribution in [0.25, 0.3) is 0 Å². The molecule has 1 aromatic heterocycles. The molecule has 82 valence electrons. The molecule has 0 aliphatic heterocycles. The molecule has 2 rings (SSSR count). The molecule has 4 nitrogen and oxygen atoms in total. The highest BCUT2D eigenvalue weighted by atomic mass is 16.3. The molecule has 0 atom stereocenters. The largest absolute Gasteiger partial charge is 0.390 e. The zero-order valence-electron chi connectivity index (χ0n) is 8.74. The van der Waals surface area contributed by atoms with Crippen molar-refractivity contribution >= 4 is 5.95 Å². The maximum absolute atomic E-state index is 8.96. The fraction of sp³-hybridized carbons (Fsp3) is 0.167. The summed E-state index contributed by atoms with van der Waals surface area (Å²) in [6, 6.07) is 1.76. The van der Waals surface area contributed by atoms with Gasteiger partial charge in [0.2, 0.25) is 5.95 Å². The monoisotopic (exact) mass is 215 g/mol. The van der Waals surface area contributed by atoms with E-state index in [1.165, 1.54) is 0 Å². The van der Waals surface area contributed by atoms with E-state index in [9.17, 15) is 0 Å². The van der Waals surface area contributed by atoms with Crippen molar-refractivity contribution in [3.05, 3.63) is 54.4 Å². The molecule has 0 amide bonds. The second-order valence-electron chi connectivity index (χ2n) is 3.35. The van der Waals surface area contributed by atoms with Crippen LogP contribution >= 0.6 is 0 Å². The van der Waals surface area contributed by atoms with E-state index < -0.39 is 0 Å². The summed E-state index contributed by atoms with van der Waals surface area (Å²) in [5.41, 5.74) is 0.609. The molecule has 1 heterocycles. The van der Waals surface area contributed by atoms with Crippen molar-refractivity contribution in [3.8, 4) is 0 Å². The van der Waals surface area contributed by atoms with Crippen molar-refractivity contribution < 1.29 is 5.11 Å². The highest BCUT2D eigenvalue weighted by Gasteiger charge is 2.03. The molecular formula is C12H13N3O. The van der Waals surface area contributed by atoms with Crippen LogP contribution in [0.5, 0.6) is 0 Å². The third-order valence-electron chi connectivity index (χ3n) is 2.14. The maximum Gasteiger partial charge on any atom is 0.223 e. The molecule has 0 radical (unpaired) electrons. The van der Waals surface area contributed by atoms with Crippen LogP contribution in [0, 0.1) is 0 Å². The van der Waals surface area contributed by atoms with Crippen LogP contribution in [0.2, 0.25) is 0 Å². The van der Waals surface area contributed by atoms with Gasteiger partial charge in [0.1, 0.15) is 0 Å². The number of nitrogens with one attached hydrogen (secondary N) is 1. The first-order chi connectivity index (χ1) is 7.88. The fourth-order valence-corrected chi connectivity index (χ4v) is 1.36. The number of allylic oxidation sites excluding steroid dienone is 4. The van der Waals surface area contributed by atoms with Crippen LogP contribution in [0.4, 0.5) is 5.95 Å². The third-order valence-corrected chi connectivity index (χ3v) is 2.14. The standard InChI is InChI=1S/C12H13N3O/c16-9-11-7-8-13-12(15-11)14-10-5-3-1-2-4-6-10/h1-8,10,16H,9H2,(H,13,14,15). The van der Waals surface area contributed by atoms with E-state index in [0.29, 0.717) is 11.6 Å². The molecule has 1 aliphatic rings. The maximum atomic E-state index is 8.96. The van der Waals surface area contributed by atoms with Crippen LogP contribution in [-0.4, -0.2) is 21.1 Å². The van der Waals surface area contributed by atoms with Crippen molar-refractivity contribution in [1.82, 2.24) is 9.97 Å². The summed E-state index contributed by atoms with van der Waals surface area (Å²) in [6.45, 7) is -0.0743. The minimum absolute atomic E-state index is 0.0731. The lowest BCUT2D eigenvalue weighted by atomic mass is 10.2. The quantitative estimate of drug-likeness (QED) is 0.800. The minimum Gasteiger partial charge on any atom is -0.390 e. The van der Waals surface area contributed by atoms with Gasteiger partial charge in [-0.25, -0.2) is 9.97 Å². The predicted octanol–water partition coefficient (Wildman–Crippen LogP) is 1.43. The Labute approximate surface area is 94.1 Å².